The second-order valence-electron chi connectivity index (χ2n) is 7.37. The van der Waals surface area contributed by atoms with Crippen molar-refractivity contribution in [2.45, 2.75) is 38.6 Å². The lowest BCUT2D eigenvalue weighted by Gasteiger charge is -2.18. The number of aryl methyl sites for hydroxylation is 2. The molecule has 2 heterocycles. The Bertz CT molecular complexity index is 1090. The standard InChI is InChI=1S/C25H25N3O2S/c1-2-7-18-11-13-19(14-12-18)24(21-10-6-17-31-21)26-22(29)15-16-23-27-28-25(30-23)20-8-4-3-5-9-20/h3-6,8-14,17,24H,2,7,15-16H2,1H3,(H,26,29). The highest BCUT2D eigenvalue weighted by atomic mass is 32.1. The van der Waals surface area contributed by atoms with Crippen molar-refractivity contribution in [1.29, 1.82) is 0 Å². The van der Waals surface area contributed by atoms with Crippen molar-refractivity contribution in [3.63, 3.8) is 0 Å². The molecule has 158 valence electrons. The van der Waals surface area contributed by atoms with Crippen LogP contribution in [0.2, 0.25) is 0 Å². The molecule has 0 aliphatic carbocycles. The number of carbonyl (C=O) groups excluding carboxylic acids is 1. The molecule has 5 nitrogen and oxygen atoms in total. The van der Waals surface area contributed by atoms with Crippen LogP contribution in [0.1, 0.15) is 47.7 Å². The van der Waals surface area contributed by atoms with Gasteiger partial charge in [0.25, 0.3) is 0 Å². The largest absolute Gasteiger partial charge is 0.421 e. The minimum Gasteiger partial charge on any atom is -0.421 e. The first-order valence-corrected chi connectivity index (χ1v) is 11.4. The molecule has 0 radical (unpaired) electrons. The summed E-state index contributed by atoms with van der Waals surface area (Å²) in [6.45, 7) is 2.18. The van der Waals surface area contributed by atoms with Gasteiger partial charge in [-0.15, -0.1) is 21.5 Å². The van der Waals surface area contributed by atoms with E-state index in [1.165, 1.54) is 5.56 Å². The average Bonchev–Trinajstić information content (AvgIpc) is 3.50. The van der Waals surface area contributed by atoms with Crippen LogP contribution in [0.15, 0.2) is 76.5 Å². The van der Waals surface area contributed by atoms with Gasteiger partial charge in [0.05, 0.1) is 6.04 Å². The summed E-state index contributed by atoms with van der Waals surface area (Å²) in [4.78, 5) is 13.9. The Balaban J connectivity index is 1.41. The van der Waals surface area contributed by atoms with Gasteiger partial charge in [0, 0.05) is 23.3 Å². The van der Waals surface area contributed by atoms with Crippen molar-refractivity contribution in [1.82, 2.24) is 15.5 Å². The van der Waals surface area contributed by atoms with Crippen LogP contribution in [0, 0.1) is 0 Å². The fourth-order valence-electron chi connectivity index (χ4n) is 3.45. The summed E-state index contributed by atoms with van der Waals surface area (Å²) in [5, 5.41) is 13.4. The lowest BCUT2D eigenvalue weighted by Crippen LogP contribution is -2.29. The Hall–Kier alpha value is -3.25. The van der Waals surface area contributed by atoms with Crippen molar-refractivity contribution in [3.8, 4) is 11.5 Å². The Morgan fingerprint density at radius 3 is 2.52 bits per heavy atom. The molecule has 0 fully saturated rings. The van der Waals surface area contributed by atoms with E-state index in [-0.39, 0.29) is 18.4 Å². The van der Waals surface area contributed by atoms with Crippen molar-refractivity contribution in [2.24, 2.45) is 0 Å². The molecular formula is C25H25N3O2S. The fourth-order valence-corrected chi connectivity index (χ4v) is 4.25. The number of hydrogen-bond donors (Lipinski definition) is 1. The maximum atomic E-state index is 12.7. The Morgan fingerprint density at radius 1 is 1.00 bits per heavy atom. The lowest BCUT2D eigenvalue weighted by atomic mass is 10.0. The monoisotopic (exact) mass is 431 g/mol. The normalized spacial score (nSPS) is 11.9. The van der Waals surface area contributed by atoms with Gasteiger partial charge in [-0.25, -0.2) is 0 Å². The number of benzene rings is 2. The first-order valence-electron chi connectivity index (χ1n) is 10.5. The smallest absolute Gasteiger partial charge is 0.247 e. The number of thiophene rings is 1. The third-order valence-corrected chi connectivity index (χ3v) is 5.98. The van der Waals surface area contributed by atoms with Gasteiger partial charge in [-0.3, -0.25) is 4.79 Å². The number of amides is 1. The molecule has 1 unspecified atom stereocenters. The zero-order valence-corrected chi connectivity index (χ0v) is 18.3. The van der Waals surface area contributed by atoms with Crippen LogP contribution in [0.5, 0.6) is 0 Å². The van der Waals surface area contributed by atoms with Crippen LogP contribution >= 0.6 is 11.3 Å². The molecule has 0 saturated heterocycles. The van der Waals surface area contributed by atoms with Crippen LogP contribution in [-0.2, 0) is 17.6 Å². The Kier molecular flexibility index (Phi) is 6.89. The lowest BCUT2D eigenvalue weighted by molar-refractivity contribution is -0.121. The van der Waals surface area contributed by atoms with Gasteiger partial charge in [-0.1, -0.05) is 61.9 Å². The van der Waals surface area contributed by atoms with E-state index >= 15 is 0 Å². The van der Waals surface area contributed by atoms with Crippen molar-refractivity contribution in [3.05, 3.63) is 94.0 Å². The summed E-state index contributed by atoms with van der Waals surface area (Å²) in [5.74, 6) is 0.890. The predicted octanol–water partition coefficient (Wildman–Crippen LogP) is 5.59. The molecule has 0 bridgehead atoms. The van der Waals surface area contributed by atoms with Crippen LogP contribution in [-0.4, -0.2) is 16.1 Å². The second kappa shape index (κ2) is 10.2. The van der Waals surface area contributed by atoms with Crippen LogP contribution in [0.4, 0.5) is 0 Å². The number of rotatable bonds is 9. The minimum absolute atomic E-state index is 0.0458. The van der Waals surface area contributed by atoms with Crippen LogP contribution in [0.25, 0.3) is 11.5 Å². The van der Waals surface area contributed by atoms with E-state index in [1.54, 1.807) is 11.3 Å². The summed E-state index contributed by atoms with van der Waals surface area (Å²) in [6, 6.07) is 22.0. The molecule has 1 atom stereocenters. The SMILES string of the molecule is CCCc1ccc(C(NC(=O)CCc2nnc(-c3ccccc3)o2)c2cccs2)cc1. The molecule has 1 amide bonds. The molecule has 0 spiro atoms. The molecule has 0 aliphatic rings. The molecule has 0 aliphatic heterocycles. The molecule has 4 rings (SSSR count). The number of nitrogens with zero attached hydrogens (tertiary/aromatic N) is 2. The third-order valence-electron chi connectivity index (χ3n) is 5.04. The highest BCUT2D eigenvalue weighted by Gasteiger charge is 2.19. The van der Waals surface area contributed by atoms with Crippen LogP contribution < -0.4 is 5.32 Å². The van der Waals surface area contributed by atoms with E-state index in [4.69, 9.17) is 4.42 Å². The minimum atomic E-state index is -0.161. The summed E-state index contributed by atoms with van der Waals surface area (Å²) < 4.78 is 5.72. The summed E-state index contributed by atoms with van der Waals surface area (Å²) in [7, 11) is 0. The summed E-state index contributed by atoms with van der Waals surface area (Å²) >= 11 is 1.64. The highest BCUT2D eigenvalue weighted by molar-refractivity contribution is 7.10. The van der Waals surface area contributed by atoms with Gasteiger partial charge in [-0.05, 0) is 41.1 Å². The third kappa shape index (κ3) is 5.47. The van der Waals surface area contributed by atoms with Crippen molar-refractivity contribution >= 4 is 17.2 Å². The molecule has 4 aromatic rings. The topological polar surface area (TPSA) is 68.0 Å². The van der Waals surface area contributed by atoms with E-state index in [0.717, 1.165) is 28.8 Å². The van der Waals surface area contributed by atoms with Gasteiger partial charge in [0.1, 0.15) is 0 Å². The average molecular weight is 432 g/mol. The van der Waals surface area contributed by atoms with Gasteiger partial charge in [-0.2, -0.15) is 0 Å². The molecule has 2 aromatic heterocycles. The van der Waals surface area contributed by atoms with E-state index in [1.807, 2.05) is 41.8 Å². The number of hydrogen-bond acceptors (Lipinski definition) is 5. The quantitative estimate of drug-likeness (QED) is 0.375. The predicted molar refractivity (Wildman–Crippen MR) is 123 cm³/mol. The Morgan fingerprint density at radius 2 is 1.81 bits per heavy atom. The first kappa shape index (κ1) is 21.0. The number of nitrogens with one attached hydrogen (secondary N) is 1. The van der Waals surface area contributed by atoms with E-state index in [0.29, 0.717) is 18.2 Å². The molecule has 31 heavy (non-hydrogen) atoms. The molecule has 2 aromatic carbocycles. The second-order valence-corrected chi connectivity index (χ2v) is 8.35. The van der Waals surface area contributed by atoms with Gasteiger partial charge in [0.2, 0.25) is 17.7 Å². The maximum absolute atomic E-state index is 12.7. The highest BCUT2D eigenvalue weighted by Crippen LogP contribution is 2.27. The van der Waals surface area contributed by atoms with Gasteiger partial charge in [0.15, 0.2) is 0 Å². The van der Waals surface area contributed by atoms with Gasteiger partial charge < -0.3 is 9.73 Å². The van der Waals surface area contributed by atoms with Gasteiger partial charge >= 0.3 is 0 Å². The molecule has 0 saturated carbocycles. The fraction of sp³-hybridized carbons (Fsp3) is 0.240. The summed E-state index contributed by atoms with van der Waals surface area (Å²) in [6.07, 6.45) is 2.86. The molecule has 1 N–H and O–H groups in total. The number of carbonyl (C=O) groups is 1. The Labute approximate surface area is 186 Å². The van der Waals surface area contributed by atoms with E-state index < -0.39 is 0 Å². The molecular weight excluding hydrogens is 406 g/mol. The summed E-state index contributed by atoms with van der Waals surface area (Å²) in [5.41, 5.74) is 3.27. The zero-order valence-electron chi connectivity index (χ0n) is 17.5. The van der Waals surface area contributed by atoms with E-state index in [2.05, 4.69) is 52.8 Å². The zero-order chi connectivity index (χ0) is 21.5. The van der Waals surface area contributed by atoms with Crippen molar-refractivity contribution < 1.29 is 9.21 Å². The van der Waals surface area contributed by atoms with Crippen molar-refractivity contribution in [2.75, 3.05) is 0 Å². The molecule has 6 heteroatoms. The van der Waals surface area contributed by atoms with E-state index in [9.17, 15) is 4.79 Å². The number of aromatic nitrogens is 2. The first-order chi connectivity index (χ1) is 15.2. The van der Waals surface area contributed by atoms with Crippen LogP contribution in [0.3, 0.4) is 0 Å². The maximum Gasteiger partial charge on any atom is 0.247 e.